The summed E-state index contributed by atoms with van der Waals surface area (Å²) < 4.78 is 5.13. The fourth-order valence-corrected chi connectivity index (χ4v) is 3.81. The van der Waals surface area contributed by atoms with Gasteiger partial charge in [0.15, 0.2) is 0 Å². The highest BCUT2D eigenvalue weighted by Crippen LogP contribution is 2.21. The maximum absolute atomic E-state index is 12.9. The van der Waals surface area contributed by atoms with Crippen LogP contribution >= 0.6 is 0 Å². The van der Waals surface area contributed by atoms with Gasteiger partial charge in [-0.15, -0.1) is 0 Å². The lowest BCUT2D eigenvalue weighted by Gasteiger charge is -2.22. The Hall–Kier alpha value is -3.93. The lowest BCUT2D eigenvalue weighted by molar-refractivity contribution is -0.147. The third-order valence-electron chi connectivity index (χ3n) is 5.58. The van der Waals surface area contributed by atoms with E-state index < -0.39 is 11.9 Å². The SMILES string of the molecule is CCOC(=O)C(C)CC(Cc1ccc(-c2ccccc2)cc1)NC(=O)c1cccc(C(=O)O)c1. The number of hydrogen-bond donors (Lipinski definition) is 2. The fourth-order valence-electron chi connectivity index (χ4n) is 3.81. The van der Waals surface area contributed by atoms with Crippen LogP contribution in [0.3, 0.4) is 0 Å². The van der Waals surface area contributed by atoms with Crippen molar-refractivity contribution in [2.75, 3.05) is 6.61 Å². The zero-order valence-electron chi connectivity index (χ0n) is 19.4. The van der Waals surface area contributed by atoms with Crippen LogP contribution in [0.1, 0.15) is 46.5 Å². The Balaban J connectivity index is 1.77. The molecule has 0 spiro atoms. The standard InChI is InChI=1S/C28H29NO5/c1-3-34-28(33)19(2)16-25(29-26(30)23-10-7-11-24(18-23)27(31)32)17-20-12-14-22(15-13-20)21-8-5-4-6-9-21/h4-15,18-19,25H,3,16-17H2,1-2H3,(H,29,30)(H,31,32). The van der Waals surface area contributed by atoms with Crippen molar-refractivity contribution in [2.45, 2.75) is 32.7 Å². The van der Waals surface area contributed by atoms with Gasteiger partial charge in [0.2, 0.25) is 0 Å². The number of amides is 1. The average Bonchev–Trinajstić information content (AvgIpc) is 2.85. The normalized spacial score (nSPS) is 12.4. The van der Waals surface area contributed by atoms with E-state index in [1.165, 1.54) is 18.2 Å². The summed E-state index contributed by atoms with van der Waals surface area (Å²) in [6, 6.07) is 23.7. The lowest BCUT2D eigenvalue weighted by Crippen LogP contribution is -2.39. The zero-order chi connectivity index (χ0) is 24.5. The van der Waals surface area contributed by atoms with Crippen molar-refractivity contribution in [1.29, 1.82) is 0 Å². The molecule has 0 aromatic heterocycles. The largest absolute Gasteiger partial charge is 0.478 e. The molecule has 0 fully saturated rings. The monoisotopic (exact) mass is 459 g/mol. The molecule has 0 radical (unpaired) electrons. The molecule has 6 nitrogen and oxygen atoms in total. The summed E-state index contributed by atoms with van der Waals surface area (Å²) in [6.45, 7) is 3.83. The van der Waals surface area contributed by atoms with Gasteiger partial charge >= 0.3 is 11.9 Å². The lowest BCUT2D eigenvalue weighted by atomic mass is 9.94. The topological polar surface area (TPSA) is 92.7 Å². The number of rotatable bonds is 10. The van der Waals surface area contributed by atoms with Crippen LogP contribution in [0, 0.1) is 5.92 Å². The van der Waals surface area contributed by atoms with Crippen LogP contribution in [-0.4, -0.2) is 35.6 Å². The molecule has 3 rings (SSSR count). The van der Waals surface area contributed by atoms with Gasteiger partial charge in [0.1, 0.15) is 0 Å². The Kier molecular flexibility index (Phi) is 8.57. The minimum absolute atomic E-state index is 0.0422. The van der Waals surface area contributed by atoms with Crippen LogP contribution in [0.25, 0.3) is 11.1 Å². The minimum atomic E-state index is -1.10. The van der Waals surface area contributed by atoms with Gasteiger partial charge in [-0.3, -0.25) is 9.59 Å². The number of ether oxygens (including phenoxy) is 1. The Morgan fingerprint density at radius 1 is 0.882 bits per heavy atom. The van der Waals surface area contributed by atoms with E-state index in [1.54, 1.807) is 19.9 Å². The molecule has 0 saturated heterocycles. The molecule has 3 aromatic rings. The molecular weight excluding hydrogens is 430 g/mol. The van der Waals surface area contributed by atoms with Gasteiger partial charge in [0.25, 0.3) is 5.91 Å². The summed E-state index contributed by atoms with van der Waals surface area (Å²) in [4.78, 5) is 36.4. The number of carbonyl (C=O) groups excluding carboxylic acids is 2. The predicted octanol–water partition coefficient (Wildman–Crippen LogP) is 4.98. The maximum atomic E-state index is 12.9. The molecule has 2 N–H and O–H groups in total. The van der Waals surface area contributed by atoms with E-state index in [0.29, 0.717) is 19.4 Å². The van der Waals surface area contributed by atoms with Gasteiger partial charge in [-0.05, 0) is 54.7 Å². The number of benzene rings is 3. The van der Waals surface area contributed by atoms with Crippen molar-refractivity contribution in [2.24, 2.45) is 5.92 Å². The molecule has 0 heterocycles. The minimum Gasteiger partial charge on any atom is -0.478 e. The number of nitrogens with one attached hydrogen (secondary N) is 1. The molecule has 0 aliphatic carbocycles. The molecule has 3 aromatic carbocycles. The van der Waals surface area contributed by atoms with Crippen LogP contribution in [0.2, 0.25) is 0 Å². The summed E-state index contributed by atoms with van der Waals surface area (Å²) in [5.41, 5.74) is 3.53. The van der Waals surface area contributed by atoms with Gasteiger partial charge in [-0.1, -0.05) is 67.6 Å². The second kappa shape index (κ2) is 11.8. The molecule has 0 bridgehead atoms. The maximum Gasteiger partial charge on any atom is 0.335 e. The summed E-state index contributed by atoms with van der Waals surface area (Å²) in [7, 11) is 0. The number of aromatic carboxylic acids is 1. The second-order valence-electron chi connectivity index (χ2n) is 8.21. The fraction of sp³-hybridized carbons (Fsp3) is 0.250. The molecule has 6 heteroatoms. The van der Waals surface area contributed by atoms with Crippen molar-refractivity contribution < 1.29 is 24.2 Å². The number of esters is 1. The van der Waals surface area contributed by atoms with Crippen LogP contribution < -0.4 is 5.32 Å². The summed E-state index contributed by atoms with van der Waals surface area (Å²) in [5.74, 6) is -2.20. The molecule has 0 aliphatic heterocycles. The smallest absolute Gasteiger partial charge is 0.335 e. The second-order valence-corrected chi connectivity index (χ2v) is 8.21. The number of carbonyl (C=O) groups is 3. The van der Waals surface area contributed by atoms with Crippen LogP contribution in [0.4, 0.5) is 0 Å². The Morgan fingerprint density at radius 2 is 1.53 bits per heavy atom. The Morgan fingerprint density at radius 3 is 2.18 bits per heavy atom. The van der Waals surface area contributed by atoms with E-state index >= 15 is 0 Å². The molecule has 2 unspecified atom stereocenters. The molecule has 176 valence electrons. The summed E-state index contributed by atoms with van der Waals surface area (Å²) >= 11 is 0. The highest BCUT2D eigenvalue weighted by molar-refractivity contribution is 5.97. The highest BCUT2D eigenvalue weighted by atomic mass is 16.5. The van der Waals surface area contributed by atoms with Crippen LogP contribution in [0.5, 0.6) is 0 Å². The molecule has 2 atom stereocenters. The van der Waals surface area contributed by atoms with Gasteiger partial charge in [-0.2, -0.15) is 0 Å². The molecule has 34 heavy (non-hydrogen) atoms. The van der Waals surface area contributed by atoms with E-state index in [2.05, 4.69) is 5.32 Å². The van der Waals surface area contributed by atoms with Crippen LogP contribution in [-0.2, 0) is 16.0 Å². The van der Waals surface area contributed by atoms with Gasteiger partial charge in [0.05, 0.1) is 18.1 Å². The van der Waals surface area contributed by atoms with Gasteiger partial charge < -0.3 is 15.2 Å². The van der Waals surface area contributed by atoms with E-state index in [-0.39, 0.29) is 29.0 Å². The first-order chi connectivity index (χ1) is 16.4. The van der Waals surface area contributed by atoms with Crippen molar-refractivity contribution in [3.05, 3.63) is 95.6 Å². The van der Waals surface area contributed by atoms with Crippen molar-refractivity contribution >= 4 is 17.8 Å². The highest BCUT2D eigenvalue weighted by Gasteiger charge is 2.23. The Bertz CT molecular complexity index is 1130. The first kappa shape index (κ1) is 24.7. The summed E-state index contributed by atoms with van der Waals surface area (Å²) in [6.07, 6.45) is 0.910. The number of carboxylic acids is 1. The van der Waals surface area contributed by atoms with E-state index in [0.717, 1.165) is 16.7 Å². The summed E-state index contributed by atoms with van der Waals surface area (Å²) in [5, 5.41) is 12.2. The zero-order valence-corrected chi connectivity index (χ0v) is 19.4. The van der Waals surface area contributed by atoms with E-state index in [9.17, 15) is 19.5 Å². The first-order valence-corrected chi connectivity index (χ1v) is 11.3. The molecule has 0 saturated carbocycles. The van der Waals surface area contributed by atoms with Crippen molar-refractivity contribution in [1.82, 2.24) is 5.32 Å². The van der Waals surface area contributed by atoms with Gasteiger partial charge in [0, 0.05) is 11.6 Å². The third kappa shape index (κ3) is 6.78. The molecular formula is C28H29NO5. The van der Waals surface area contributed by atoms with Crippen molar-refractivity contribution in [3.8, 4) is 11.1 Å². The average molecular weight is 460 g/mol. The first-order valence-electron chi connectivity index (χ1n) is 11.3. The van der Waals surface area contributed by atoms with Crippen LogP contribution in [0.15, 0.2) is 78.9 Å². The van der Waals surface area contributed by atoms with E-state index in [4.69, 9.17) is 4.74 Å². The van der Waals surface area contributed by atoms with E-state index in [1.807, 2.05) is 54.6 Å². The predicted molar refractivity (Wildman–Crippen MR) is 131 cm³/mol. The molecule has 0 aliphatic rings. The number of carboxylic acid groups (broad SMARTS) is 1. The van der Waals surface area contributed by atoms with Crippen molar-refractivity contribution in [3.63, 3.8) is 0 Å². The quantitative estimate of drug-likeness (QED) is 0.417. The number of hydrogen-bond acceptors (Lipinski definition) is 4. The van der Waals surface area contributed by atoms with Gasteiger partial charge in [-0.25, -0.2) is 4.79 Å². The molecule has 1 amide bonds. The third-order valence-corrected chi connectivity index (χ3v) is 5.58. The Labute approximate surface area is 199 Å².